The van der Waals surface area contributed by atoms with Gasteiger partial charge in [0.2, 0.25) is 0 Å². The molecule has 10 radical (unpaired) electrons. The molecule has 0 spiro atoms. The summed E-state index contributed by atoms with van der Waals surface area (Å²) in [5.74, 6) is 2.43. The number of likely N-dealkylation sites (N-methyl/N-ethyl adjacent to an activating group) is 1. The molecule has 2 aromatic rings. The summed E-state index contributed by atoms with van der Waals surface area (Å²) in [4.78, 5) is 6.52. The van der Waals surface area contributed by atoms with Gasteiger partial charge in [0.25, 0.3) is 0 Å². The summed E-state index contributed by atoms with van der Waals surface area (Å²) in [6, 6.07) is 7.60. The molecule has 6 heteroatoms. The van der Waals surface area contributed by atoms with Gasteiger partial charge in [-0.1, -0.05) is 30.7 Å². The third-order valence-electron chi connectivity index (χ3n) is 4.91. The minimum absolute atomic E-state index is 0. The molecule has 0 bridgehead atoms. The average molecular weight is 476 g/mol. The van der Waals surface area contributed by atoms with Crippen LogP contribution in [0.5, 0.6) is 0 Å². The summed E-state index contributed by atoms with van der Waals surface area (Å²) in [5, 5.41) is 17.4. The second kappa shape index (κ2) is 14.3. The summed E-state index contributed by atoms with van der Waals surface area (Å²) in [7, 11) is 0. The Morgan fingerprint density at radius 1 is 1.00 bits per heavy atom. The van der Waals surface area contributed by atoms with Crippen molar-refractivity contribution in [3.8, 4) is 0 Å². The third-order valence-corrected chi connectivity index (χ3v) is 5.15. The van der Waals surface area contributed by atoms with Crippen LogP contribution in [-0.2, 0) is 17.1 Å². The third kappa shape index (κ3) is 8.22. The maximum Gasteiger partial charge on any atom is 2.00 e. The van der Waals surface area contributed by atoms with Gasteiger partial charge in [0, 0.05) is 17.8 Å². The van der Waals surface area contributed by atoms with Crippen LogP contribution in [0, 0.1) is 63.2 Å². The van der Waals surface area contributed by atoms with Gasteiger partial charge in [0.05, 0.1) is 5.52 Å². The Kier molecular flexibility index (Phi) is 12.2. The first kappa shape index (κ1) is 26.4. The molecule has 0 saturated heterocycles. The summed E-state index contributed by atoms with van der Waals surface area (Å²) < 4.78 is 0. The predicted octanol–water partition coefficient (Wildman–Crippen LogP) is 4.37. The van der Waals surface area contributed by atoms with Gasteiger partial charge >= 0.3 is 17.1 Å². The van der Waals surface area contributed by atoms with Crippen molar-refractivity contribution in [2.24, 2.45) is 0 Å². The Balaban J connectivity index is 0.000000501. The van der Waals surface area contributed by atoms with Crippen LogP contribution >= 0.6 is 11.6 Å². The second-order valence-corrected chi connectivity index (χ2v) is 7.36. The molecule has 2 fully saturated rings. The topological polar surface area (TPSA) is 53.3 Å². The first-order valence-electron chi connectivity index (χ1n) is 10.1. The standard InChI is InChI=1S/C20H21ClN3O.C5H5.Fe/c1-2-24(10-11-25)14-16-5-3-4-15(16)13-23-19-8-9-22-20-12-17(21)6-7-18(19)20;1-2-4-5-3-1;/h3-9,12H,2,10-11,13-14H2,1H3;1-5H;/q-2;;+2. The minimum Gasteiger partial charge on any atom is -0.854 e. The van der Waals surface area contributed by atoms with E-state index in [2.05, 4.69) is 36.1 Å². The van der Waals surface area contributed by atoms with Gasteiger partial charge in [-0.05, 0) is 93.8 Å². The van der Waals surface area contributed by atoms with E-state index in [0.717, 1.165) is 29.7 Å². The molecule has 4 nitrogen and oxygen atoms in total. The molecule has 2 aliphatic carbocycles. The van der Waals surface area contributed by atoms with Crippen LogP contribution in [0.3, 0.4) is 0 Å². The zero-order chi connectivity index (χ0) is 21.2. The van der Waals surface area contributed by atoms with Crippen LogP contribution in [0.1, 0.15) is 6.92 Å². The van der Waals surface area contributed by atoms with E-state index in [1.54, 1.807) is 6.20 Å². The molecule has 0 aliphatic heterocycles. The molecule has 0 N–H and O–H groups in total. The van der Waals surface area contributed by atoms with Crippen LogP contribution in [0.4, 0.5) is 5.69 Å². The average Bonchev–Trinajstić information content (AvgIpc) is 3.47. The number of pyridine rings is 1. The molecular formula is C25H26ClFeN3O. The molecule has 2 saturated carbocycles. The molecule has 0 amide bonds. The van der Waals surface area contributed by atoms with Crippen molar-refractivity contribution < 1.29 is 22.2 Å². The van der Waals surface area contributed by atoms with E-state index in [-0.39, 0.29) is 23.7 Å². The van der Waals surface area contributed by atoms with Crippen LogP contribution < -0.4 is 5.11 Å². The molecule has 31 heavy (non-hydrogen) atoms. The van der Waals surface area contributed by atoms with Crippen molar-refractivity contribution in [1.29, 1.82) is 0 Å². The summed E-state index contributed by atoms with van der Waals surface area (Å²) in [6.07, 6.45) is 18.0. The van der Waals surface area contributed by atoms with Gasteiger partial charge in [0.1, 0.15) is 0 Å². The van der Waals surface area contributed by atoms with Gasteiger partial charge < -0.3 is 15.3 Å². The molecule has 1 aromatic heterocycles. The van der Waals surface area contributed by atoms with Crippen molar-refractivity contribution >= 4 is 28.2 Å². The van der Waals surface area contributed by atoms with E-state index in [1.165, 1.54) is 11.8 Å². The van der Waals surface area contributed by atoms with E-state index < -0.39 is 0 Å². The smallest absolute Gasteiger partial charge is 0.854 e. The number of rotatable bonds is 8. The molecular weight excluding hydrogens is 450 g/mol. The molecule has 1 heterocycles. The molecule has 0 atom stereocenters. The Morgan fingerprint density at radius 2 is 1.71 bits per heavy atom. The number of halogens is 1. The summed E-state index contributed by atoms with van der Waals surface area (Å²) in [5.41, 5.74) is 1.77. The molecule has 4 rings (SSSR count). The minimum atomic E-state index is -0.0696. The molecule has 0 unspecified atom stereocenters. The maximum atomic E-state index is 10.9. The number of nitrogens with zero attached hydrogens (tertiary/aromatic N) is 3. The van der Waals surface area contributed by atoms with Crippen molar-refractivity contribution in [2.45, 2.75) is 6.92 Å². The number of benzene rings is 1. The quantitative estimate of drug-likeness (QED) is 0.533. The van der Waals surface area contributed by atoms with Crippen molar-refractivity contribution in [3.63, 3.8) is 0 Å². The first-order valence-corrected chi connectivity index (χ1v) is 10.5. The zero-order valence-corrected chi connectivity index (χ0v) is 19.4. The van der Waals surface area contributed by atoms with Crippen LogP contribution in [0.25, 0.3) is 16.2 Å². The monoisotopic (exact) mass is 475 g/mol. The number of fused-ring (bicyclic) bond motifs is 1. The van der Waals surface area contributed by atoms with Crippen LogP contribution in [-0.4, -0.2) is 42.7 Å². The van der Waals surface area contributed by atoms with E-state index in [0.29, 0.717) is 18.1 Å². The number of aromatic nitrogens is 1. The fraction of sp³-hybridized carbons (Fsp3) is 0.240. The Labute approximate surface area is 203 Å². The largest absolute Gasteiger partial charge is 2.00 e. The molecule has 1 aromatic carbocycles. The normalized spacial score (nSPS) is 16.9. The van der Waals surface area contributed by atoms with E-state index in [4.69, 9.17) is 16.9 Å². The van der Waals surface area contributed by atoms with Crippen molar-refractivity contribution in [2.75, 3.05) is 32.8 Å². The van der Waals surface area contributed by atoms with Gasteiger partial charge in [0.15, 0.2) is 0 Å². The zero-order valence-electron chi connectivity index (χ0n) is 17.5. The second-order valence-electron chi connectivity index (χ2n) is 6.92. The van der Waals surface area contributed by atoms with E-state index in [9.17, 15) is 5.11 Å². The fourth-order valence-electron chi connectivity index (χ4n) is 3.26. The van der Waals surface area contributed by atoms with Crippen LogP contribution in [0.2, 0.25) is 5.02 Å². The van der Waals surface area contributed by atoms with Gasteiger partial charge in [-0.25, -0.2) is 0 Å². The first-order chi connectivity index (χ1) is 14.7. The van der Waals surface area contributed by atoms with Crippen molar-refractivity contribution in [3.05, 3.63) is 104 Å². The van der Waals surface area contributed by atoms with Crippen molar-refractivity contribution in [1.82, 2.24) is 9.88 Å². The van der Waals surface area contributed by atoms with Gasteiger partial charge in [-0.2, -0.15) is 0 Å². The van der Waals surface area contributed by atoms with Gasteiger partial charge in [-0.15, -0.1) is 18.8 Å². The Bertz CT molecular complexity index is 764. The Hall–Kier alpha value is -0.841. The predicted molar refractivity (Wildman–Crippen MR) is 123 cm³/mol. The van der Waals surface area contributed by atoms with E-state index >= 15 is 0 Å². The number of hydrogen-bond acceptors (Lipinski definition) is 3. The van der Waals surface area contributed by atoms with Crippen LogP contribution in [0.15, 0.2) is 30.5 Å². The molecule has 162 valence electrons. The fourth-order valence-corrected chi connectivity index (χ4v) is 3.42. The maximum absolute atomic E-state index is 10.9. The molecule has 2 aliphatic rings. The van der Waals surface area contributed by atoms with E-state index in [1.807, 2.05) is 56.4 Å². The summed E-state index contributed by atoms with van der Waals surface area (Å²) in [6.45, 7) is 4.87. The number of hydrogen-bond donors (Lipinski definition) is 0. The SMILES string of the molecule is CCN(CC[O-])C[C]1[CH][CH][CH][C]1C[N-]c1ccnc2cc(Cl)ccc12.[CH]1[CH][CH][CH][CH]1.[Fe+2]. The Morgan fingerprint density at radius 3 is 2.39 bits per heavy atom. The summed E-state index contributed by atoms with van der Waals surface area (Å²) >= 11 is 6.04. The van der Waals surface area contributed by atoms with Gasteiger partial charge in [-0.3, -0.25) is 4.98 Å².